The fraction of sp³-hybridized carbons (Fsp3) is 0.350. The zero-order valence-corrected chi connectivity index (χ0v) is 15.3. The minimum atomic E-state index is 0.0568. The number of amides is 1. The minimum absolute atomic E-state index is 0.0568. The van der Waals surface area contributed by atoms with Gasteiger partial charge in [0.05, 0.1) is 26.7 Å². The standard InChI is InChI=1S/C20H22ClNO3/c1-24-18-10-9-14(12-19(18)25-2)13-20(23)22-11-5-8-17(22)15-6-3-4-7-16(15)21/h3-4,6-7,9-10,12,17H,5,8,11,13H2,1-2H3/t17-/m0/s1. The average molecular weight is 360 g/mol. The molecule has 0 saturated carbocycles. The van der Waals surface area contributed by atoms with Crippen molar-refractivity contribution < 1.29 is 14.3 Å². The van der Waals surface area contributed by atoms with Crippen LogP contribution >= 0.6 is 11.6 Å². The van der Waals surface area contributed by atoms with Crippen LogP contribution < -0.4 is 9.47 Å². The van der Waals surface area contributed by atoms with Gasteiger partial charge in [0.1, 0.15) is 0 Å². The highest BCUT2D eigenvalue weighted by molar-refractivity contribution is 6.31. The third-order valence-electron chi connectivity index (χ3n) is 4.64. The summed E-state index contributed by atoms with van der Waals surface area (Å²) >= 11 is 6.34. The predicted molar refractivity (Wildman–Crippen MR) is 98.4 cm³/mol. The van der Waals surface area contributed by atoms with E-state index in [1.54, 1.807) is 14.2 Å². The second-order valence-electron chi connectivity index (χ2n) is 6.13. The van der Waals surface area contributed by atoms with Crippen LogP contribution in [0.2, 0.25) is 5.02 Å². The number of ether oxygens (including phenoxy) is 2. The number of hydrogen-bond donors (Lipinski definition) is 0. The molecule has 1 aliphatic heterocycles. The van der Waals surface area contributed by atoms with E-state index >= 15 is 0 Å². The van der Waals surface area contributed by atoms with E-state index in [0.717, 1.165) is 35.5 Å². The molecule has 2 aromatic rings. The van der Waals surface area contributed by atoms with Gasteiger partial charge in [0, 0.05) is 11.6 Å². The lowest BCUT2D eigenvalue weighted by Crippen LogP contribution is -2.32. The van der Waals surface area contributed by atoms with Crippen molar-refractivity contribution in [1.82, 2.24) is 4.90 Å². The summed E-state index contributed by atoms with van der Waals surface area (Å²) in [4.78, 5) is 14.8. The Morgan fingerprint density at radius 1 is 1.16 bits per heavy atom. The highest BCUT2D eigenvalue weighted by Crippen LogP contribution is 2.36. The molecule has 0 spiro atoms. The monoisotopic (exact) mass is 359 g/mol. The van der Waals surface area contributed by atoms with E-state index in [2.05, 4.69) is 0 Å². The normalized spacial score (nSPS) is 16.8. The molecule has 1 saturated heterocycles. The molecule has 1 amide bonds. The molecule has 4 nitrogen and oxygen atoms in total. The SMILES string of the molecule is COc1ccc(CC(=O)N2CCC[C@H]2c2ccccc2Cl)cc1OC. The second kappa shape index (κ2) is 7.79. The van der Waals surface area contributed by atoms with Crippen molar-refractivity contribution in [3.63, 3.8) is 0 Å². The lowest BCUT2D eigenvalue weighted by molar-refractivity contribution is -0.131. The Balaban J connectivity index is 1.77. The third-order valence-corrected chi connectivity index (χ3v) is 4.98. The maximum absolute atomic E-state index is 12.9. The molecule has 2 aromatic carbocycles. The molecule has 0 bridgehead atoms. The van der Waals surface area contributed by atoms with Crippen LogP contribution in [0.1, 0.15) is 30.0 Å². The summed E-state index contributed by atoms with van der Waals surface area (Å²) in [5.41, 5.74) is 1.94. The summed E-state index contributed by atoms with van der Waals surface area (Å²) in [5.74, 6) is 1.40. The molecule has 1 atom stereocenters. The number of hydrogen-bond acceptors (Lipinski definition) is 3. The van der Waals surface area contributed by atoms with Crippen molar-refractivity contribution in [2.45, 2.75) is 25.3 Å². The molecule has 132 valence electrons. The first kappa shape index (κ1) is 17.6. The third kappa shape index (κ3) is 3.74. The summed E-state index contributed by atoms with van der Waals surface area (Å²) in [5, 5.41) is 0.721. The smallest absolute Gasteiger partial charge is 0.227 e. The molecule has 3 rings (SSSR count). The number of likely N-dealkylation sites (tertiary alicyclic amines) is 1. The molecule has 0 aromatic heterocycles. The minimum Gasteiger partial charge on any atom is -0.493 e. The molecule has 25 heavy (non-hydrogen) atoms. The number of rotatable bonds is 5. The summed E-state index contributed by atoms with van der Waals surface area (Å²) < 4.78 is 10.6. The van der Waals surface area contributed by atoms with Gasteiger partial charge >= 0.3 is 0 Å². The van der Waals surface area contributed by atoms with Crippen molar-refractivity contribution in [2.75, 3.05) is 20.8 Å². The van der Waals surface area contributed by atoms with Gasteiger partial charge in [-0.2, -0.15) is 0 Å². The molecule has 1 heterocycles. The van der Waals surface area contributed by atoms with Crippen LogP contribution in [0.4, 0.5) is 0 Å². The van der Waals surface area contributed by atoms with Crippen molar-refractivity contribution in [3.8, 4) is 11.5 Å². The number of carbonyl (C=O) groups excluding carboxylic acids is 1. The zero-order valence-electron chi connectivity index (χ0n) is 14.5. The van der Waals surface area contributed by atoms with Crippen LogP contribution in [-0.4, -0.2) is 31.6 Å². The number of halogens is 1. The Labute approximate surface area is 153 Å². The van der Waals surface area contributed by atoms with Gasteiger partial charge in [-0.15, -0.1) is 0 Å². The Morgan fingerprint density at radius 3 is 2.64 bits per heavy atom. The van der Waals surface area contributed by atoms with Gasteiger partial charge in [-0.3, -0.25) is 4.79 Å². The molecule has 1 fully saturated rings. The maximum atomic E-state index is 12.9. The van der Waals surface area contributed by atoms with Crippen LogP contribution in [0, 0.1) is 0 Å². The number of methoxy groups -OCH3 is 2. The van der Waals surface area contributed by atoms with Crippen molar-refractivity contribution >= 4 is 17.5 Å². The molecular formula is C20H22ClNO3. The van der Waals surface area contributed by atoms with E-state index in [9.17, 15) is 4.79 Å². The Bertz CT molecular complexity index is 762. The van der Waals surface area contributed by atoms with Crippen molar-refractivity contribution in [3.05, 3.63) is 58.6 Å². The lowest BCUT2D eigenvalue weighted by Gasteiger charge is -2.26. The quantitative estimate of drug-likeness (QED) is 0.800. The van der Waals surface area contributed by atoms with Crippen LogP contribution in [0.15, 0.2) is 42.5 Å². The highest BCUT2D eigenvalue weighted by atomic mass is 35.5. The van der Waals surface area contributed by atoms with Gasteiger partial charge < -0.3 is 14.4 Å². The van der Waals surface area contributed by atoms with E-state index in [4.69, 9.17) is 21.1 Å². The molecule has 0 aliphatic carbocycles. The van der Waals surface area contributed by atoms with E-state index < -0.39 is 0 Å². The molecule has 1 aliphatic rings. The van der Waals surface area contributed by atoms with Gasteiger partial charge in [-0.05, 0) is 42.2 Å². The first-order chi connectivity index (χ1) is 12.1. The van der Waals surface area contributed by atoms with Gasteiger partial charge in [0.2, 0.25) is 5.91 Å². The van der Waals surface area contributed by atoms with Crippen LogP contribution in [0.3, 0.4) is 0 Å². The van der Waals surface area contributed by atoms with Gasteiger partial charge in [0.15, 0.2) is 11.5 Å². The van der Waals surface area contributed by atoms with Crippen LogP contribution in [-0.2, 0) is 11.2 Å². The maximum Gasteiger partial charge on any atom is 0.227 e. The fourth-order valence-electron chi connectivity index (χ4n) is 3.40. The fourth-order valence-corrected chi connectivity index (χ4v) is 3.66. The largest absolute Gasteiger partial charge is 0.493 e. The highest BCUT2D eigenvalue weighted by Gasteiger charge is 2.31. The van der Waals surface area contributed by atoms with E-state index in [1.807, 2.05) is 47.4 Å². The first-order valence-electron chi connectivity index (χ1n) is 8.39. The van der Waals surface area contributed by atoms with Gasteiger partial charge in [-0.1, -0.05) is 35.9 Å². The molecular weight excluding hydrogens is 338 g/mol. The number of benzene rings is 2. The average Bonchev–Trinajstić information content (AvgIpc) is 3.11. The van der Waals surface area contributed by atoms with E-state index in [0.29, 0.717) is 17.9 Å². The Morgan fingerprint density at radius 2 is 1.92 bits per heavy atom. The number of carbonyl (C=O) groups is 1. The molecule has 0 radical (unpaired) electrons. The van der Waals surface area contributed by atoms with Gasteiger partial charge in [0.25, 0.3) is 0 Å². The van der Waals surface area contributed by atoms with Crippen molar-refractivity contribution in [2.24, 2.45) is 0 Å². The van der Waals surface area contributed by atoms with Crippen LogP contribution in [0.25, 0.3) is 0 Å². The first-order valence-corrected chi connectivity index (χ1v) is 8.76. The topological polar surface area (TPSA) is 38.8 Å². The summed E-state index contributed by atoms with van der Waals surface area (Å²) in [6, 6.07) is 13.4. The summed E-state index contributed by atoms with van der Waals surface area (Å²) in [6.45, 7) is 0.766. The zero-order chi connectivity index (χ0) is 17.8. The predicted octanol–water partition coefficient (Wildman–Crippen LogP) is 4.26. The van der Waals surface area contributed by atoms with Crippen LogP contribution in [0.5, 0.6) is 11.5 Å². The molecule has 5 heteroatoms. The summed E-state index contributed by atoms with van der Waals surface area (Å²) in [6.07, 6.45) is 2.27. The Hall–Kier alpha value is -2.20. The van der Waals surface area contributed by atoms with E-state index in [1.165, 1.54) is 0 Å². The van der Waals surface area contributed by atoms with Crippen molar-refractivity contribution in [1.29, 1.82) is 0 Å². The number of nitrogens with zero attached hydrogens (tertiary/aromatic N) is 1. The second-order valence-corrected chi connectivity index (χ2v) is 6.54. The molecule has 0 N–H and O–H groups in total. The lowest BCUT2D eigenvalue weighted by atomic mass is 10.0. The summed E-state index contributed by atoms with van der Waals surface area (Å²) in [7, 11) is 3.19. The molecule has 0 unspecified atom stereocenters. The van der Waals surface area contributed by atoms with Gasteiger partial charge in [-0.25, -0.2) is 0 Å². The Kier molecular flexibility index (Phi) is 5.49. The van der Waals surface area contributed by atoms with E-state index in [-0.39, 0.29) is 11.9 Å².